The highest BCUT2D eigenvalue weighted by molar-refractivity contribution is 6.11. The molecule has 1 aromatic carbocycles. The number of hydrogen-bond acceptors (Lipinski definition) is 10. The summed E-state index contributed by atoms with van der Waals surface area (Å²) < 4.78 is 116. The zero-order valence-corrected chi connectivity index (χ0v) is 28.2. The van der Waals surface area contributed by atoms with Crippen molar-refractivity contribution in [2.75, 3.05) is 4.90 Å². The predicted octanol–water partition coefficient (Wildman–Crippen LogP) is 8.92. The summed E-state index contributed by atoms with van der Waals surface area (Å²) >= 11 is 0. The van der Waals surface area contributed by atoms with E-state index in [2.05, 4.69) is 15.2 Å². The predicted molar refractivity (Wildman–Crippen MR) is 165 cm³/mol. The van der Waals surface area contributed by atoms with E-state index in [0.29, 0.717) is 11.6 Å². The SMILES string of the molecule is C[C@@H]1C/C=C/C[C@](OCc2ccccc2)(C(F)(F)F)c2nnc(o2)-c2nc(c(C(F)(F)F)cc2N(C(=O)OC(C)(C)C)C(=O)OC(C)(C)C)O1. The van der Waals surface area contributed by atoms with E-state index in [9.17, 15) is 22.8 Å². The third-order valence-corrected chi connectivity index (χ3v) is 6.78. The topological polar surface area (TPSA) is 126 Å². The first-order valence-corrected chi connectivity index (χ1v) is 15.3. The fraction of sp³-hybridized carbons (Fsp3) is 0.485. The molecular formula is C33H36F6N4O7. The van der Waals surface area contributed by atoms with E-state index in [-0.39, 0.29) is 11.3 Å². The third kappa shape index (κ3) is 8.91. The van der Waals surface area contributed by atoms with Gasteiger partial charge in [-0.3, -0.25) is 0 Å². The Balaban J connectivity index is 2.03. The molecule has 0 N–H and O–H groups in total. The zero-order chi connectivity index (χ0) is 37.3. The van der Waals surface area contributed by atoms with Crippen molar-refractivity contribution in [2.24, 2.45) is 0 Å². The van der Waals surface area contributed by atoms with Crippen molar-refractivity contribution in [1.29, 1.82) is 0 Å². The molecule has 0 saturated heterocycles. The summed E-state index contributed by atoms with van der Waals surface area (Å²) in [6, 6.07) is 8.30. The smallest absolute Gasteiger partial charge is 0.426 e. The lowest BCUT2D eigenvalue weighted by Gasteiger charge is -2.31. The van der Waals surface area contributed by atoms with Gasteiger partial charge in [0.25, 0.3) is 11.8 Å². The molecule has 3 heterocycles. The molecule has 17 heteroatoms. The lowest BCUT2D eigenvalue weighted by Crippen LogP contribution is -2.45. The van der Waals surface area contributed by atoms with Crippen LogP contribution < -0.4 is 9.64 Å². The average Bonchev–Trinajstić information content (AvgIpc) is 3.45. The van der Waals surface area contributed by atoms with Gasteiger partial charge in [-0.05, 0) is 60.1 Å². The van der Waals surface area contributed by atoms with Crippen molar-refractivity contribution >= 4 is 17.9 Å². The van der Waals surface area contributed by atoms with E-state index in [1.54, 1.807) is 30.3 Å². The largest absolute Gasteiger partial charge is 0.474 e. The fourth-order valence-corrected chi connectivity index (χ4v) is 4.56. The van der Waals surface area contributed by atoms with Crippen molar-refractivity contribution in [3.8, 4) is 17.5 Å². The minimum Gasteiger partial charge on any atom is -0.474 e. The van der Waals surface area contributed by atoms with Crippen molar-refractivity contribution in [1.82, 2.24) is 15.2 Å². The first kappa shape index (κ1) is 38.1. The third-order valence-electron chi connectivity index (χ3n) is 6.78. The van der Waals surface area contributed by atoms with Gasteiger partial charge in [0.15, 0.2) is 5.69 Å². The standard InChI is InChI=1S/C33H36F6N4O7/c1-19-13-11-12-16-31(33(37,38)39,46-18-20-14-9-8-10-15-20)26-42-41-25(48-26)23-22(17-21(32(34,35)36)24(40-23)47-19)43(27(44)49-29(2,3)4)28(45)50-30(5,6)7/h8-12,14-15,17,19H,13,16,18H2,1-7H3/b12-11+/t19-,31-/m1/s1. The van der Waals surface area contributed by atoms with Gasteiger partial charge < -0.3 is 23.4 Å². The molecule has 0 unspecified atom stereocenters. The van der Waals surface area contributed by atoms with Crippen LogP contribution in [0, 0.1) is 0 Å². The number of benzene rings is 1. The summed E-state index contributed by atoms with van der Waals surface area (Å²) in [6.45, 7) is 9.42. The quantitative estimate of drug-likeness (QED) is 0.191. The van der Waals surface area contributed by atoms with Gasteiger partial charge in [0.05, 0.1) is 12.3 Å². The van der Waals surface area contributed by atoms with E-state index in [1.165, 1.54) is 54.5 Å². The number of anilines is 1. The summed E-state index contributed by atoms with van der Waals surface area (Å²) in [5.74, 6) is -3.06. The van der Waals surface area contributed by atoms with E-state index >= 15 is 13.2 Å². The molecule has 0 radical (unpaired) electrons. The van der Waals surface area contributed by atoms with Crippen molar-refractivity contribution in [3.05, 3.63) is 65.6 Å². The van der Waals surface area contributed by atoms with Crippen LogP contribution in [0.1, 0.15) is 78.3 Å². The van der Waals surface area contributed by atoms with Crippen LogP contribution in [0.4, 0.5) is 41.6 Å². The van der Waals surface area contributed by atoms with Crippen LogP contribution >= 0.6 is 0 Å². The van der Waals surface area contributed by atoms with Crippen LogP contribution in [-0.4, -0.2) is 50.9 Å². The monoisotopic (exact) mass is 714 g/mol. The Morgan fingerprint density at radius 3 is 2.06 bits per heavy atom. The van der Waals surface area contributed by atoms with Gasteiger partial charge in [-0.1, -0.05) is 42.5 Å². The molecule has 4 bridgehead atoms. The van der Waals surface area contributed by atoms with E-state index in [4.69, 9.17) is 23.4 Å². The molecule has 272 valence electrons. The Morgan fingerprint density at radius 2 is 1.52 bits per heavy atom. The number of fused-ring (bicyclic) bond motifs is 5. The van der Waals surface area contributed by atoms with Crippen LogP contribution in [0.15, 0.2) is 53.0 Å². The maximum atomic E-state index is 15.1. The van der Waals surface area contributed by atoms with Crippen LogP contribution in [0.3, 0.4) is 0 Å². The summed E-state index contributed by atoms with van der Waals surface area (Å²) in [4.78, 5) is 31.1. The maximum Gasteiger partial charge on any atom is 0.426 e. The van der Waals surface area contributed by atoms with Crippen LogP contribution in [0.5, 0.6) is 5.88 Å². The maximum absolute atomic E-state index is 15.1. The van der Waals surface area contributed by atoms with Crippen LogP contribution in [0.2, 0.25) is 0 Å². The summed E-state index contributed by atoms with van der Waals surface area (Å²) in [7, 11) is 0. The number of ether oxygens (including phenoxy) is 4. The number of halogens is 6. The Hall–Kier alpha value is -4.67. The normalized spacial score (nSPS) is 19.3. The molecule has 50 heavy (non-hydrogen) atoms. The molecule has 1 aliphatic heterocycles. The molecule has 2 atom stereocenters. The Bertz CT molecular complexity index is 1680. The van der Waals surface area contributed by atoms with Gasteiger partial charge in [-0.25, -0.2) is 14.6 Å². The molecule has 2 amide bonds. The number of aromatic nitrogens is 3. The van der Waals surface area contributed by atoms with E-state index in [1.807, 2.05) is 0 Å². The second-order valence-electron chi connectivity index (χ2n) is 13.4. The number of carbonyl (C=O) groups excluding carboxylic acids is 2. The first-order chi connectivity index (χ1) is 23.0. The molecule has 2 aromatic heterocycles. The number of rotatable bonds is 4. The number of hydrogen-bond donors (Lipinski definition) is 0. The Kier molecular flexibility index (Phi) is 10.6. The minimum absolute atomic E-state index is 0.119. The number of carbonyl (C=O) groups is 2. The van der Waals surface area contributed by atoms with Gasteiger partial charge in [0.2, 0.25) is 11.5 Å². The number of imide groups is 1. The number of nitrogens with zero attached hydrogens (tertiary/aromatic N) is 4. The molecule has 0 fully saturated rings. The number of alkyl halides is 6. The molecule has 0 saturated carbocycles. The lowest BCUT2D eigenvalue weighted by molar-refractivity contribution is -0.295. The lowest BCUT2D eigenvalue weighted by atomic mass is 9.97. The highest BCUT2D eigenvalue weighted by Crippen LogP contribution is 2.48. The second kappa shape index (κ2) is 13.9. The second-order valence-corrected chi connectivity index (χ2v) is 13.4. The average molecular weight is 715 g/mol. The molecule has 4 rings (SSSR count). The minimum atomic E-state index is -5.18. The summed E-state index contributed by atoms with van der Waals surface area (Å²) in [6.07, 6.45) is -13.1. The van der Waals surface area contributed by atoms with Gasteiger partial charge in [0, 0.05) is 12.8 Å². The van der Waals surface area contributed by atoms with Gasteiger partial charge in [-0.2, -0.15) is 31.2 Å². The number of amides is 2. The fourth-order valence-electron chi connectivity index (χ4n) is 4.56. The van der Waals surface area contributed by atoms with Crippen molar-refractivity contribution in [2.45, 2.75) is 103 Å². The molecule has 0 aliphatic carbocycles. The Labute approximate surface area is 283 Å². The zero-order valence-electron chi connectivity index (χ0n) is 28.2. The highest BCUT2D eigenvalue weighted by Gasteiger charge is 2.61. The van der Waals surface area contributed by atoms with E-state index in [0.717, 1.165) is 6.08 Å². The van der Waals surface area contributed by atoms with Gasteiger partial charge in [-0.15, -0.1) is 10.2 Å². The van der Waals surface area contributed by atoms with Gasteiger partial charge in [0.1, 0.15) is 22.9 Å². The molecular weight excluding hydrogens is 678 g/mol. The Morgan fingerprint density at radius 1 is 0.920 bits per heavy atom. The van der Waals surface area contributed by atoms with E-state index < -0.39 is 95.1 Å². The van der Waals surface area contributed by atoms with Crippen molar-refractivity contribution in [3.63, 3.8) is 0 Å². The first-order valence-electron chi connectivity index (χ1n) is 15.3. The van der Waals surface area contributed by atoms with Gasteiger partial charge >= 0.3 is 24.5 Å². The molecule has 11 nitrogen and oxygen atoms in total. The molecule has 3 aromatic rings. The number of pyridine rings is 1. The van der Waals surface area contributed by atoms with Crippen LogP contribution in [-0.2, 0) is 32.6 Å². The summed E-state index contributed by atoms with van der Waals surface area (Å²) in [5.41, 5.74) is -8.74. The molecule has 1 aliphatic rings. The molecule has 0 spiro atoms. The van der Waals surface area contributed by atoms with Crippen molar-refractivity contribution < 1.29 is 59.3 Å². The highest BCUT2D eigenvalue weighted by atomic mass is 19.4. The summed E-state index contributed by atoms with van der Waals surface area (Å²) in [5, 5.41) is 7.31. The van der Waals surface area contributed by atoms with Crippen LogP contribution in [0.25, 0.3) is 11.6 Å².